The van der Waals surface area contributed by atoms with E-state index in [-0.39, 0.29) is 23.4 Å². The SMILES string of the molecule is CC(C)(C)NC(=O)N1CCC(CNC(=O)[C@H]2CC=CCC2)CC1. The Balaban J connectivity index is 1.67. The van der Waals surface area contributed by atoms with Gasteiger partial charge in [0, 0.05) is 31.1 Å². The molecule has 0 aromatic carbocycles. The summed E-state index contributed by atoms with van der Waals surface area (Å²) in [4.78, 5) is 26.2. The number of carbonyl (C=O) groups is 2. The molecule has 0 radical (unpaired) electrons. The van der Waals surface area contributed by atoms with E-state index in [1.807, 2.05) is 25.7 Å². The van der Waals surface area contributed by atoms with Crippen molar-refractivity contribution in [1.82, 2.24) is 15.5 Å². The van der Waals surface area contributed by atoms with Crippen molar-refractivity contribution >= 4 is 11.9 Å². The molecule has 1 aliphatic heterocycles. The van der Waals surface area contributed by atoms with Crippen LogP contribution in [0.25, 0.3) is 0 Å². The summed E-state index contributed by atoms with van der Waals surface area (Å²) < 4.78 is 0. The van der Waals surface area contributed by atoms with E-state index in [9.17, 15) is 9.59 Å². The van der Waals surface area contributed by atoms with Crippen molar-refractivity contribution < 1.29 is 9.59 Å². The minimum Gasteiger partial charge on any atom is -0.356 e. The van der Waals surface area contributed by atoms with Crippen molar-refractivity contribution in [3.05, 3.63) is 12.2 Å². The van der Waals surface area contributed by atoms with Crippen molar-refractivity contribution in [2.45, 2.75) is 58.4 Å². The van der Waals surface area contributed by atoms with Crippen LogP contribution in [-0.4, -0.2) is 42.0 Å². The van der Waals surface area contributed by atoms with E-state index in [0.717, 1.165) is 51.7 Å². The molecule has 1 saturated heterocycles. The number of nitrogens with one attached hydrogen (secondary N) is 2. The van der Waals surface area contributed by atoms with Gasteiger partial charge in [-0.05, 0) is 58.8 Å². The van der Waals surface area contributed by atoms with E-state index in [2.05, 4.69) is 22.8 Å². The van der Waals surface area contributed by atoms with E-state index in [1.54, 1.807) is 0 Å². The van der Waals surface area contributed by atoms with Gasteiger partial charge in [0.25, 0.3) is 0 Å². The first-order valence-corrected chi connectivity index (χ1v) is 8.85. The highest BCUT2D eigenvalue weighted by molar-refractivity contribution is 5.79. The first-order chi connectivity index (χ1) is 10.8. The molecule has 0 spiro atoms. The molecule has 0 aromatic heterocycles. The van der Waals surface area contributed by atoms with Crippen LogP contribution >= 0.6 is 0 Å². The van der Waals surface area contributed by atoms with Gasteiger partial charge in [0.1, 0.15) is 0 Å². The van der Waals surface area contributed by atoms with Crippen molar-refractivity contribution in [3.63, 3.8) is 0 Å². The van der Waals surface area contributed by atoms with Gasteiger partial charge in [-0.1, -0.05) is 12.2 Å². The number of urea groups is 1. The number of allylic oxidation sites excluding steroid dienone is 2. The van der Waals surface area contributed by atoms with Crippen molar-refractivity contribution in [3.8, 4) is 0 Å². The number of rotatable bonds is 3. The maximum Gasteiger partial charge on any atom is 0.317 e. The Morgan fingerprint density at radius 3 is 2.39 bits per heavy atom. The highest BCUT2D eigenvalue weighted by atomic mass is 16.2. The van der Waals surface area contributed by atoms with Gasteiger partial charge in [-0.25, -0.2) is 4.79 Å². The molecule has 0 aromatic rings. The third kappa shape index (κ3) is 5.88. The molecule has 0 saturated carbocycles. The van der Waals surface area contributed by atoms with Gasteiger partial charge in [0.2, 0.25) is 5.91 Å². The lowest BCUT2D eigenvalue weighted by Crippen LogP contribution is -2.51. The first-order valence-electron chi connectivity index (χ1n) is 8.85. The fourth-order valence-electron chi connectivity index (χ4n) is 3.16. The maximum absolute atomic E-state index is 12.2. The molecule has 2 aliphatic rings. The highest BCUT2D eigenvalue weighted by Gasteiger charge is 2.26. The predicted octanol–water partition coefficient (Wildman–Crippen LogP) is 2.68. The monoisotopic (exact) mass is 321 g/mol. The van der Waals surface area contributed by atoms with Crippen LogP contribution in [-0.2, 0) is 4.79 Å². The fourth-order valence-corrected chi connectivity index (χ4v) is 3.16. The van der Waals surface area contributed by atoms with Crippen LogP contribution < -0.4 is 10.6 Å². The van der Waals surface area contributed by atoms with Gasteiger partial charge in [-0.3, -0.25) is 4.79 Å². The van der Waals surface area contributed by atoms with Crippen LogP contribution in [0.3, 0.4) is 0 Å². The lowest BCUT2D eigenvalue weighted by atomic mass is 9.92. The molecule has 2 N–H and O–H groups in total. The zero-order valence-electron chi connectivity index (χ0n) is 14.7. The molecular weight excluding hydrogens is 290 g/mol. The number of amides is 3. The molecule has 5 heteroatoms. The summed E-state index contributed by atoms with van der Waals surface area (Å²) in [6, 6.07) is 0.0222. The first kappa shape index (κ1) is 17.8. The number of carbonyl (C=O) groups excluding carboxylic acids is 2. The number of hydrogen-bond acceptors (Lipinski definition) is 2. The molecule has 130 valence electrons. The predicted molar refractivity (Wildman–Crippen MR) is 92.1 cm³/mol. The topological polar surface area (TPSA) is 61.4 Å². The van der Waals surface area contributed by atoms with Gasteiger partial charge in [0.15, 0.2) is 0 Å². The van der Waals surface area contributed by atoms with Crippen LogP contribution in [0.15, 0.2) is 12.2 Å². The van der Waals surface area contributed by atoms with E-state index in [1.165, 1.54) is 0 Å². The number of piperidine rings is 1. The van der Waals surface area contributed by atoms with Gasteiger partial charge in [-0.2, -0.15) is 0 Å². The molecule has 0 unspecified atom stereocenters. The summed E-state index contributed by atoms with van der Waals surface area (Å²) in [5.74, 6) is 0.830. The second-order valence-electron chi connectivity index (χ2n) is 7.84. The number of likely N-dealkylation sites (tertiary alicyclic amines) is 1. The fraction of sp³-hybridized carbons (Fsp3) is 0.778. The Hall–Kier alpha value is -1.52. The largest absolute Gasteiger partial charge is 0.356 e. The van der Waals surface area contributed by atoms with Crippen LogP contribution in [0.1, 0.15) is 52.9 Å². The standard InChI is InChI=1S/C18H31N3O2/c1-18(2,3)20-17(23)21-11-9-14(10-12-21)13-19-16(22)15-7-5-4-6-8-15/h4-5,14-15H,6-13H2,1-3H3,(H,19,22)(H,20,23)/t15-/m0/s1. The number of hydrogen-bond donors (Lipinski definition) is 2. The second-order valence-corrected chi connectivity index (χ2v) is 7.84. The molecule has 23 heavy (non-hydrogen) atoms. The quantitative estimate of drug-likeness (QED) is 0.785. The van der Waals surface area contributed by atoms with E-state index < -0.39 is 0 Å². The normalized spacial score (nSPS) is 22.7. The Bertz CT molecular complexity index is 446. The molecule has 1 atom stereocenters. The lowest BCUT2D eigenvalue weighted by Gasteiger charge is -2.34. The van der Waals surface area contributed by atoms with Crippen molar-refractivity contribution in [2.24, 2.45) is 11.8 Å². The van der Waals surface area contributed by atoms with Crippen LogP contribution in [0, 0.1) is 11.8 Å². The smallest absolute Gasteiger partial charge is 0.317 e. The zero-order chi connectivity index (χ0) is 16.9. The summed E-state index contributed by atoms with van der Waals surface area (Å²) in [6.07, 6.45) is 9.04. The highest BCUT2D eigenvalue weighted by Crippen LogP contribution is 2.20. The van der Waals surface area contributed by atoms with E-state index >= 15 is 0 Å². The summed E-state index contributed by atoms with van der Waals surface area (Å²) in [6.45, 7) is 8.27. The zero-order valence-corrected chi connectivity index (χ0v) is 14.7. The summed E-state index contributed by atoms with van der Waals surface area (Å²) in [5, 5.41) is 6.12. The Kier molecular flexibility index (Phi) is 6.08. The van der Waals surface area contributed by atoms with Crippen molar-refractivity contribution in [2.75, 3.05) is 19.6 Å². The van der Waals surface area contributed by atoms with E-state index in [0.29, 0.717) is 5.92 Å². The molecule has 1 heterocycles. The summed E-state index contributed by atoms with van der Waals surface area (Å²) >= 11 is 0. The van der Waals surface area contributed by atoms with Crippen LogP contribution in [0.2, 0.25) is 0 Å². The van der Waals surface area contributed by atoms with E-state index in [4.69, 9.17) is 0 Å². The Labute approximate surface area is 139 Å². The maximum atomic E-state index is 12.2. The number of nitrogens with zero attached hydrogens (tertiary/aromatic N) is 1. The van der Waals surface area contributed by atoms with Gasteiger partial charge in [0.05, 0.1) is 0 Å². The average molecular weight is 321 g/mol. The molecule has 5 nitrogen and oxygen atoms in total. The molecular formula is C18H31N3O2. The minimum absolute atomic E-state index is 0.0222. The molecule has 0 bridgehead atoms. The van der Waals surface area contributed by atoms with Crippen molar-refractivity contribution in [1.29, 1.82) is 0 Å². The molecule has 1 aliphatic carbocycles. The molecule has 1 fully saturated rings. The Morgan fingerprint density at radius 2 is 1.83 bits per heavy atom. The second kappa shape index (κ2) is 7.84. The van der Waals surface area contributed by atoms with Gasteiger partial charge >= 0.3 is 6.03 Å². The lowest BCUT2D eigenvalue weighted by molar-refractivity contribution is -0.125. The molecule has 2 rings (SSSR count). The van der Waals surface area contributed by atoms with Crippen LogP contribution in [0.5, 0.6) is 0 Å². The minimum atomic E-state index is -0.198. The Morgan fingerprint density at radius 1 is 1.13 bits per heavy atom. The average Bonchev–Trinajstić information content (AvgIpc) is 2.52. The summed E-state index contributed by atoms with van der Waals surface area (Å²) in [7, 11) is 0. The molecule has 3 amide bonds. The van der Waals surface area contributed by atoms with Gasteiger partial charge < -0.3 is 15.5 Å². The third-order valence-corrected chi connectivity index (χ3v) is 4.59. The third-order valence-electron chi connectivity index (χ3n) is 4.59. The van der Waals surface area contributed by atoms with Gasteiger partial charge in [-0.15, -0.1) is 0 Å². The van der Waals surface area contributed by atoms with Crippen LogP contribution in [0.4, 0.5) is 4.79 Å². The summed E-state index contributed by atoms with van der Waals surface area (Å²) in [5.41, 5.74) is -0.198.